The molecule has 0 nitrogen and oxygen atoms in total. The maximum atomic E-state index is 11.6. The molecule has 0 aliphatic carbocycles. The molecule has 0 amide bonds. The van der Waals surface area contributed by atoms with E-state index in [1.54, 1.807) is 0 Å². The third-order valence-corrected chi connectivity index (χ3v) is 2.37. The maximum Gasteiger partial charge on any atom is 0.453 e. The number of alkyl halides is 3. The van der Waals surface area contributed by atoms with E-state index < -0.39 is 5.51 Å². The van der Waals surface area contributed by atoms with Gasteiger partial charge in [-0.1, -0.05) is 44.9 Å². The molecule has 0 aromatic heterocycles. The third kappa shape index (κ3) is 13.7. The fourth-order valence-electron chi connectivity index (χ4n) is 1.14. The first-order valence-corrected chi connectivity index (χ1v) is 6.10. The molecule has 0 aromatic carbocycles. The van der Waals surface area contributed by atoms with Gasteiger partial charge >= 0.3 is 5.51 Å². The molecule has 0 bridgehead atoms. The van der Waals surface area contributed by atoms with E-state index in [1.165, 1.54) is 25.7 Å². The van der Waals surface area contributed by atoms with Gasteiger partial charge in [0.2, 0.25) is 0 Å². The molecule has 0 rings (SSSR count). The van der Waals surface area contributed by atoms with Gasteiger partial charge in [0.25, 0.3) is 0 Å². The minimum Gasteiger partial charge on any atom is -0.160 e. The largest absolute Gasteiger partial charge is 0.453 e. The smallest absolute Gasteiger partial charge is 0.160 e. The molecular weight excluding hydrogens is 221 g/mol. The first-order valence-electron chi connectivity index (χ1n) is 5.29. The van der Waals surface area contributed by atoms with Crippen molar-refractivity contribution in [2.75, 3.05) is 0 Å². The van der Waals surface area contributed by atoms with Crippen LogP contribution in [0.1, 0.15) is 51.9 Å². The van der Waals surface area contributed by atoms with Gasteiger partial charge in [-0.2, -0.15) is 13.2 Å². The van der Waals surface area contributed by atoms with Crippen LogP contribution >= 0.6 is 11.8 Å². The van der Waals surface area contributed by atoms with Crippen LogP contribution in [0, 0.1) is 11.2 Å². The minimum absolute atomic E-state index is 0.256. The Balaban J connectivity index is 3.23. The van der Waals surface area contributed by atoms with Crippen LogP contribution in [0.3, 0.4) is 0 Å². The second kappa shape index (κ2) is 8.96. The molecule has 0 spiro atoms. The molecule has 4 heteroatoms. The van der Waals surface area contributed by atoms with Crippen LogP contribution in [0.4, 0.5) is 13.2 Å². The maximum absolute atomic E-state index is 11.6. The van der Waals surface area contributed by atoms with Gasteiger partial charge in [-0.15, -0.1) is 0 Å². The summed E-state index contributed by atoms with van der Waals surface area (Å²) in [7, 11) is 0. The average molecular weight is 238 g/mol. The van der Waals surface area contributed by atoms with Crippen LogP contribution in [0.25, 0.3) is 0 Å². The zero-order chi connectivity index (χ0) is 11.6. The van der Waals surface area contributed by atoms with Gasteiger partial charge in [-0.25, -0.2) is 0 Å². The monoisotopic (exact) mass is 238 g/mol. The SMILES string of the molecule is CCCCCCCCC#CSC(F)(F)F. The van der Waals surface area contributed by atoms with Crippen LogP contribution < -0.4 is 0 Å². The molecule has 88 valence electrons. The summed E-state index contributed by atoms with van der Waals surface area (Å²) in [6.45, 7) is 2.15. The predicted molar refractivity (Wildman–Crippen MR) is 59.4 cm³/mol. The standard InChI is InChI=1S/C11H17F3S/c1-2-3-4-5-6-7-8-9-10-15-11(12,13)14/h2-8H2,1H3. The Kier molecular flexibility index (Phi) is 8.79. The average Bonchev–Trinajstić information content (AvgIpc) is 2.14. The highest BCUT2D eigenvalue weighted by atomic mass is 32.2. The van der Waals surface area contributed by atoms with E-state index in [0.29, 0.717) is 6.42 Å². The first kappa shape index (κ1) is 14.7. The first-order chi connectivity index (χ1) is 7.06. The molecule has 0 aliphatic heterocycles. The van der Waals surface area contributed by atoms with Crippen molar-refractivity contribution in [2.45, 2.75) is 57.4 Å². The van der Waals surface area contributed by atoms with E-state index in [9.17, 15) is 13.2 Å². The Morgan fingerprint density at radius 3 is 2.20 bits per heavy atom. The number of hydrogen-bond donors (Lipinski definition) is 0. The van der Waals surface area contributed by atoms with Gasteiger partial charge in [0, 0.05) is 18.2 Å². The molecule has 0 atom stereocenters. The zero-order valence-corrected chi connectivity index (χ0v) is 9.81. The molecule has 0 aromatic rings. The fourth-order valence-corrected chi connectivity index (χ4v) is 1.43. The highest BCUT2D eigenvalue weighted by molar-refractivity contribution is 8.04. The topological polar surface area (TPSA) is 0 Å². The molecular formula is C11H17F3S. The van der Waals surface area contributed by atoms with Crippen molar-refractivity contribution >= 4 is 11.8 Å². The van der Waals surface area contributed by atoms with Crippen molar-refractivity contribution < 1.29 is 13.2 Å². The molecule has 0 heterocycles. The molecule has 0 saturated heterocycles. The lowest BCUT2D eigenvalue weighted by atomic mass is 10.1. The van der Waals surface area contributed by atoms with Crippen LogP contribution in [0.2, 0.25) is 0 Å². The predicted octanol–water partition coefficient (Wildman–Crippen LogP) is 4.95. The number of thioether (sulfide) groups is 1. The van der Waals surface area contributed by atoms with Gasteiger partial charge in [0.1, 0.15) is 0 Å². The van der Waals surface area contributed by atoms with Gasteiger partial charge in [0.15, 0.2) is 0 Å². The minimum atomic E-state index is -4.21. The zero-order valence-electron chi connectivity index (χ0n) is 8.99. The highest BCUT2D eigenvalue weighted by Gasteiger charge is 2.27. The van der Waals surface area contributed by atoms with E-state index in [1.807, 2.05) is 0 Å². The number of hydrogen-bond acceptors (Lipinski definition) is 1. The van der Waals surface area contributed by atoms with E-state index in [0.717, 1.165) is 12.8 Å². The lowest BCUT2D eigenvalue weighted by Crippen LogP contribution is -1.96. The molecule has 15 heavy (non-hydrogen) atoms. The van der Waals surface area contributed by atoms with Gasteiger partial charge < -0.3 is 0 Å². The third-order valence-electron chi connectivity index (χ3n) is 1.89. The van der Waals surface area contributed by atoms with E-state index in [4.69, 9.17) is 0 Å². The van der Waals surface area contributed by atoms with Gasteiger partial charge in [-0.3, -0.25) is 0 Å². The Morgan fingerprint density at radius 1 is 1.00 bits per heavy atom. The molecule has 0 saturated carbocycles. The number of rotatable bonds is 6. The summed E-state index contributed by atoms with van der Waals surface area (Å²) in [5, 5.41) is 2.07. The molecule has 0 N–H and O–H groups in total. The van der Waals surface area contributed by atoms with Crippen LogP contribution in [0.15, 0.2) is 0 Å². The lowest BCUT2D eigenvalue weighted by molar-refractivity contribution is -0.0318. The van der Waals surface area contributed by atoms with Crippen molar-refractivity contribution in [3.8, 4) is 11.2 Å². The van der Waals surface area contributed by atoms with E-state index in [2.05, 4.69) is 18.1 Å². The Morgan fingerprint density at radius 2 is 1.60 bits per heavy atom. The summed E-state index contributed by atoms with van der Waals surface area (Å²) in [5.41, 5.74) is -4.21. The molecule has 0 unspecified atom stereocenters. The Labute approximate surface area is 94.0 Å². The summed E-state index contributed by atoms with van der Waals surface area (Å²) >= 11 is -0.256. The van der Waals surface area contributed by atoms with Crippen molar-refractivity contribution in [3.05, 3.63) is 0 Å². The summed E-state index contributed by atoms with van der Waals surface area (Å²) in [6.07, 6.45) is 7.41. The van der Waals surface area contributed by atoms with Crippen LogP contribution in [0.5, 0.6) is 0 Å². The fraction of sp³-hybridized carbons (Fsp3) is 0.818. The van der Waals surface area contributed by atoms with Crippen LogP contribution in [-0.4, -0.2) is 5.51 Å². The normalized spacial score (nSPS) is 10.9. The van der Waals surface area contributed by atoms with E-state index >= 15 is 0 Å². The summed E-state index contributed by atoms with van der Waals surface area (Å²) in [4.78, 5) is 0. The molecule has 0 fully saturated rings. The highest BCUT2D eigenvalue weighted by Crippen LogP contribution is 2.28. The Hall–Kier alpha value is -0.300. The van der Waals surface area contributed by atoms with Gasteiger partial charge in [0.05, 0.1) is 0 Å². The molecule has 0 radical (unpaired) electrons. The molecule has 0 aliphatic rings. The summed E-state index contributed by atoms with van der Waals surface area (Å²) in [5.74, 6) is 2.53. The van der Waals surface area contributed by atoms with Crippen molar-refractivity contribution in [2.24, 2.45) is 0 Å². The second-order valence-electron chi connectivity index (χ2n) is 3.34. The van der Waals surface area contributed by atoms with Crippen molar-refractivity contribution in [1.82, 2.24) is 0 Å². The summed E-state index contributed by atoms with van der Waals surface area (Å²) < 4.78 is 34.9. The van der Waals surface area contributed by atoms with Crippen molar-refractivity contribution in [1.29, 1.82) is 0 Å². The Bertz CT molecular complexity index is 200. The van der Waals surface area contributed by atoms with E-state index in [-0.39, 0.29) is 11.8 Å². The second-order valence-corrected chi connectivity index (χ2v) is 4.22. The lowest BCUT2D eigenvalue weighted by Gasteiger charge is -1.97. The van der Waals surface area contributed by atoms with Crippen LogP contribution in [-0.2, 0) is 0 Å². The number of unbranched alkanes of at least 4 members (excludes halogenated alkanes) is 6. The van der Waals surface area contributed by atoms with Crippen molar-refractivity contribution in [3.63, 3.8) is 0 Å². The quantitative estimate of drug-likeness (QED) is 0.466. The summed E-state index contributed by atoms with van der Waals surface area (Å²) in [6, 6.07) is 0. The van der Waals surface area contributed by atoms with Gasteiger partial charge in [-0.05, 0) is 11.7 Å². The number of halogens is 3.